The molecule has 2 heterocycles. The predicted octanol–water partition coefficient (Wildman–Crippen LogP) is 5.27. The van der Waals surface area contributed by atoms with Crippen LogP contribution in [0.2, 0.25) is 0 Å². The van der Waals surface area contributed by atoms with Crippen molar-refractivity contribution in [1.82, 2.24) is 15.1 Å². The highest BCUT2D eigenvalue weighted by Crippen LogP contribution is 2.32. The number of likely N-dealkylation sites (tertiary alicyclic amines) is 1. The van der Waals surface area contributed by atoms with E-state index in [-0.39, 0.29) is 11.7 Å². The van der Waals surface area contributed by atoms with Crippen molar-refractivity contribution >= 4 is 0 Å². The predicted molar refractivity (Wildman–Crippen MR) is 98.4 cm³/mol. The average molecular weight is 405 g/mol. The Morgan fingerprint density at radius 1 is 1.00 bits per heavy atom. The molecule has 0 aliphatic carbocycles. The summed E-state index contributed by atoms with van der Waals surface area (Å²) in [5, 5.41) is 8.18. The lowest BCUT2D eigenvalue weighted by Gasteiger charge is -2.30. The van der Waals surface area contributed by atoms with Crippen LogP contribution in [-0.4, -0.2) is 28.2 Å². The number of alkyl halides is 3. The summed E-state index contributed by atoms with van der Waals surface area (Å²) in [6.45, 7) is 1.94. The van der Waals surface area contributed by atoms with Crippen molar-refractivity contribution < 1.29 is 22.0 Å². The molecule has 4 nitrogen and oxygen atoms in total. The van der Waals surface area contributed by atoms with Crippen molar-refractivity contribution in [3.63, 3.8) is 0 Å². The van der Waals surface area contributed by atoms with Gasteiger partial charge < -0.3 is 4.42 Å². The van der Waals surface area contributed by atoms with Gasteiger partial charge in [0.2, 0.25) is 11.8 Å². The van der Waals surface area contributed by atoms with E-state index >= 15 is 0 Å². The molecule has 4 rings (SSSR count). The van der Waals surface area contributed by atoms with Crippen LogP contribution < -0.4 is 0 Å². The third kappa shape index (κ3) is 4.64. The van der Waals surface area contributed by atoms with Gasteiger partial charge in [-0.05, 0) is 61.8 Å². The third-order valence-corrected chi connectivity index (χ3v) is 5.13. The molecule has 1 aromatic heterocycles. The Kier molecular flexibility index (Phi) is 5.36. The van der Waals surface area contributed by atoms with Crippen LogP contribution in [0, 0.1) is 5.82 Å². The average Bonchev–Trinajstić information content (AvgIpc) is 3.19. The number of halogens is 4. The van der Waals surface area contributed by atoms with Gasteiger partial charge in [-0.3, -0.25) is 4.90 Å². The first kappa shape index (κ1) is 19.6. The Balaban J connectivity index is 1.36. The topological polar surface area (TPSA) is 42.2 Å². The summed E-state index contributed by atoms with van der Waals surface area (Å²) >= 11 is 0. The van der Waals surface area contributed by atoms with E-state index in [1.54, 1.807) is 18.2 Å². The SMILES string of the molecule is Fc1ccc(-c2nnc(C3CCN(Cc4cccc(C(F)(F)F)c4)CC3)o2)cc1. The van der Waals surface area contributed by atoms with E-state index in [0.717, 1.165) is 32.0 Å². The number of hydrogen-bond acceptors (Lipinski definition) is 4. The lowest BCUT2D eigenvalue weighted by Crippen LogP contribution is -2.32. The summed E-state index contributed by atoms with van der Waals surface area (Å²) in [5.41, 5.74) is 0.686. The molecule has 1 aliphatic heterocycles. The van der Waals surface area contributed by atoms with Gasteiger partial charge >= 0.3 is 6.18 Å². The summed E-state index contributed by atoms with van der Waals surface area (Å²) in [7, 11) is 0. The minimum absolute atomic E-state index is 0.106. The highest BCUT2D eigenvalue weighted by molar-refractivity contribution is 5.52. The van der Waals surface area contributed by atoms with Crippen LogP contribution in [0.5, 0.6) is 0 Å². The summed E-state index contributed by atoms with van der Waals surface area (Å²) < 4.78 is 57.4. The molecule has 1 saturated heterocycles. The van der Waals surface area contributed by atoms with Crippen molar-refractivity contribution in [2.24, 2.45) is 0 Å². The molecule has 0 saturated carbocycles. The van der Waals surface area contributed by atoms with Gasteiger partial charge in [0.1, 0.15) is 5.82 Å². The summed E-state index contributed by atoms with van der Waals surface area (Å²) in [6.07, 6.45) is -2.77. The molecular weight excluding hydrogens is 386 g/mol. The summed E-state index contributed by atoms with van der Waals surface area (Å²) in [5.74, 6) is 0.672. The molecule has 2 aromatic carbocycles. The summed E-state index contributed by atoms with van der Waals surface area (Å²) in [4.78, 5) is 2.13. The van der Waals surface area contributed by atoms with E-state index in [1.807, 2.05) is 0 Å². The maximum atomic E-state index is 13.0. The van der Waals surface area contributed by atoms with Crippen LogP contribution in [-0.2, 0) is 12.7 Å². The normalized spacial score (nSPS) is 16.3. The lowest BCUT2D eigenvalue weighted by molar-refractivity contribution is -0.137. The number of piperidine rings is 1. The van der Waals surface area contributed by atoms with E-state index in [4.69, 9.17) is 4.42 Å². The van der Waals surface area contributed by atoms with E-state index in [1.165, 1.54) is 24.3 Å². The second-order valence-corrected chi connectivity index (χ2v) is 7.20. The first-order valence-corrected chi connectivity index (χ1v) is 9.36. The van der Waals surface area contributed by atoms with Gasteiger partial charge in [-0.2, -0.15) is 13.2 Å². The molecule has 0 unspecified atom stereocenters. The molecule has 0 amide bonds. The van der Waals surface area contributed by atoms with Crippen LogP contribution in [0.25, 0.3) is 11.5 Å². The Morgan fingerprint density at radius 2 is 1.72 bits per heavy atom. The number of aromatic nitrogens is 2. The molecule has 0 bridgehead atoms. The van der Waals surface area contributed by atoms with E-state index in [9.17, 15) is 17.6 Å². The number of benzene rings is 2. The quantitative estimate of drug-likeness (QED) is 0.555. The van der Waals surface area contributed by atoms with Gasteiger partial charge in [-0.1, -0.05) is 18.2 Å². The third-order valence-electron chi connectivity index (χ3n) is 5.13. The molecule has 152 valence electrons. The van der Waals surface area contributed by atoms with Crippen LogP contribution in [0.4, 0.5) is 17.6 Å². The van der Waals surface area contributed by atoms with Crippen LogP contribution in [0.3, 0.4) is 0 Å². The second-order valence-electron chi connectivity index (χ2n) is 7.20. The monoisotopic (exact) mass is 405 g/mol. The fourth-order valence-corrected chi connectivity index (χ4v) is 3.55. The smallest absolute Gasteiger partial charge is 0.416 e. The molecule has 0 spiro atoms. The first-order chi connectivity index (χ1) is 13.9. The van der Waals surface area contributed by atoms with E-state index < -0.39 is 11.7 Å². The molecule has 0 atom stereocenters. The highest BCUT2D eigenvalue weighted by Gasteiger charge is 2.31. The van der Waals surface area contributed by atoms with Crippen LogP contribution in [0.1, 0.15) is 35.8 Å². The Hall–Kier alpha value is -2.74. The van der Waals surface area contributed by atoms with E-state index in [2.05, 4.69) is 15.1 Å². The first-order valence-electron chi connectivity index (χ1n) is 9.36. The minimum Gasteiger partial charge on any atom is -0.420 e. The standard InChI is InChI=1S/C21H19F4N3O/c22-18-6-4-15(5-7-18)19-26-27-20(29-19)16-8-10-28(11-9-16)13-14-2-1-3-17(12-14)21(23,24)25/h1-7,12,16H,8-11,13H2. The molecule has 1 fully saturated rings. The maximum Gasteiger partial charge on any atom is 0.416 e. The Morgan fingerprint density at radius 3 is 2.41 bits per heavy atom. The van der Waals surface area contributed by atoms with Crippen molar-refractivity contribution in [3.8, 4) is 11.5 Å². The Labute approximate surface area is 165 Å². The highest BCUT2D eigenvalue weighted by atomic mass is 19.4. The largest absolute Gasteiger partial charge is 0.420 e. The zero-order chi connectivity index (χ0) is 20.4. The molecule has 0 N–H and O–H groups in total. The fourth-order valence-electron chi connectivity index (χ4n) is 3.55. The second kappa shape index (κ2) is 7.94. The fraction of sp³-hybridized carbons (Fsp3) is 0.333. The van der Waals surface area contributed by atoms with Crippen molar-refractivity contribution in [1.29, 1.82) is 0 Å². The van der Waals surface area contributed by atoms with Gasteiger partial charge in [0.05, 0.1) is 5.56 Å². The molecule has 0 radical (unpaired) electrons. The Bertz CT molecular complexity index is 961. The number of hydrogen-bond donors (Lipinski definition) is 0. The van der Waals surface area contributed by atoms with Crippen molar-refractivity contribution in [2.45, 2.75) is 31.5 Å². The van der Waals surface area contributed by atoms with Gasteiger partial charge in [-0.25, -0.2) is 4.39 Å². The van der Waals surface area contributed by atoms with E-state index in [0.29, 0.717) is 29.5 Å². The maximum absolute atomic E-state index is 13.0. The number of rotatable bonds is 4. The molecule has 1 aliphatic rings. The van der Waals surface area contributed by atoms with Crippen molar-refractivity contribution in [2.75, 3.05) is 13.1 Å². The van der Waals surface area contributed by atoms with Crippen LogP contribution in [0.15, 0.2) is 52.9 Å². The number of nitrogens with zero attached hydrogens (tertiary/aromatic N) is 3. The van der Waals surface area contributed by atoms with Crippen molar-refractivity contribution in [3.05, 3.63) is 71.4 Å². The van der Waals surface area contributed by atoms with Gasteiger partial charge in [0.25, 0.3) is 0 Å². The zero-order valence-electron chi connectivity index (χ0n) is 15.5. The molecule has 3 aromatic rings. The summed E-state index contributed by atoms with van der Waals surface area (Å²) in [6, 6.07) is 11.3. The lowest BCUT2D eigenvalue weighted by atomic mass is 9.96. The molecule has 8 heteroatoms. The van der Waals surface area contributed by atoms with Gasteiger partial charge in [-0.15, -0.1) is 10.2 Å². The van der Waals surface area contributed by atoms with Gasteiger partial charge in [0.15, 0.2) is 0 Å². The van der Waals surface area contributed by atoms with Gasteiger partial charge in [0, 0.05) is 18.0 Å². The zero-order valence-corrected chi connectivity index (χ0v) is 15.5. The minimum atomic E-state index is -4.33. The van der Waals surface area contributed by atoms with Crippen LogP contribution >= 0.6 is 0 Å². The molecule has 29 heavy (non-hydrogen) atoms. The molecular formula is C21H19F4N3O.